The molecule has 1 amide bonds. The smallest absolute Gasteiger partial charge is 0.227 e. The molecule has 0 radical (unpaired) electrons. The first-order valence-corrected chi connectivity index (χ1v) is 6.40. The molecule has 4 heteroatoms. The van der Waals surface area contributed by atoms with E-state index in [9.17, 15) is 9.18 Å². The van der Waals surface area contributed by atoms with Gasteiger partial charge in [-0.05, 0) is 24.6 Å². The van der Waals surface area contributed by atoms with Crippen molar-refractivity contribution in [3.05, 3.63) is 41.7 Å². The van der Waals surface area contributed by atoms with Gasteiger partial charge in [0.05, 0.1) is 19.1 Å². The summed E-state index contributed by atoms with van der Waals surface area (Å²) in [5, 5.41) is 0. The van der Waals surface area contributed by atoms with Gasteiger partial charge in [0, 0.05) is 18.7 Å². The molecule has 1 unspecified atom stereocenters. The van der Waals surface area contributed by atoms with Gasteiger partial charge in [0.2, 0.25) is 5.91 Å². The lowest BCUT2D eigenvalue weighted by atomic mass is 10.1. The van der Waals surface area contributed by atoms with Crippen molar-refractivity contribution in [2.45, 2.75) is 19.4 Å². The van der Waals surface area contributed by atoms with E-state index < -0.39 is 0 Å². The third kappa shape index (κ3) is 3.41. The monoisotopic (exact) mass is 263 g/mol. The molecule has 0 bridgehead atoms. The zero-order valence-corrected chi connectivity index (χ0v) is 11.1. The van der Waals surface area contributed by atoms with Gasteiger partial charge in [-0.15, -0.1) is 0 Å². The van der Waals surface area contributed by atoms with Crippen molar-refractivity contribution in [2.75, 3.05) is 19.7 Å². The number of rotatable bonds is 3. The number of hydrogen-bond acceptors (Lipinski definition) is 2. The Bertz CT molecular complexity index is 487. The molecule has 19 heavy (non-hydrogen) atoms. The Morgan fingerprint density at radius 3 is 3.11 bits per heavy atom. The molecule has 1 aromatic rings. The standard InChI is InChI=1S/C15H18FNO2/c1-3-13-8-12(4-5-14(13)16)9-15(18)17-6-7-19-11(2)10-17/h3-5,8,11H,1,6-7,9-10H2,2H3. The van der Waals surface area contributed by atoms with Gasteiger partial charge in [0.25, 0.3) is 0 Å². The summed E-state index contributed by atoms with van der Waals surface area (Å²) in [5.41, 5.74) is 1.24. The van der Waals surface area contributed by atoms with Crippen molar-refractivity contribution in [3.63, 3.8) is 0 Å². The fourth-order valence-corrected chi connectivity index (χ4v) is 2.19. The summed E-state index contributed by atoms with van der Waals surface area (Å²) in [4.78, 5) is 13.9. The highest BCUT2D eigenvalue weighted by Gasteiger charge is 2.21. The predicted octanol–water partition coefficient (Wildman–Crippen LogP) is 2.26. The molecular weight excluding hydrogens is 245 g/mol. The van der Waals surface area contributed by atoms with E-state index in [0.717, 1.165) is 5.56 Å². The average molecular weight is 263 g/mol. The van der Waals surface area contributed by atoms with Crippen LogP contribution in [0.15, 0.2) is 24.8 Å². The zero-order valence-electron chi connectivity index (χ0n) is 11.1. The molecule has 0 aliphatic carbocycles. The summed E-state index contributed by atoms with van der Waals surface area (Å²) in [6.45, 7) is 7.33. The molecule has 102 valence electrons. The van der Waals surface area contributed by atoms with Gasteiger partial charge < -0.3 is 9.64 Å². The van der Waals surface area contributed by atoms with Crippen LogP contribution in [0.5, 0.6) is 0 Å². The van der Waals surface area contributed by atoms with E-state index in [-0.39, 0.29) is 24.2 Å². The lowest BCUT2D eigenvalue weighted by molar-refractivity contribution is -0.137. The summed E-state index contributed by atoms with van der Waals surface area (Å²) in [6, 6.07) is 4.69. The van der Waals surface area contributed by atoms with Crippen molar-refractivity contribution in [2.24, 2.45) is 0 Å². The van der Waals surface area contributed by atoms with Crippen LogP contribution in [0.3, 0.4) is 0 Å². The minimum Gasteiger partial charge on any atom is -0.375 e. The second kappa shape index (κ2) is 5.97. The van der Waals surface area contributed by atoms with Crippen molar-refractivity contribution >= 4 is 12.0 Å². The number of hydrogen-bond donors (Lipinski definition) is 0. The van der Waals surface area contributed by atoms with Crippen LogP contribution in [0.4, 0.5) is 4.39 Å². The zero-order chi connectivity index (χ0) is 13.8. The molecule has 0 spiro atoms. The maximum Gasteiger partial charge on any atom is 0.227 e. The lowest BCUT2D eigenvalue weighted by Gasteiger charge is -2.31. The Kier molecular flexibility index (Phi) is 4.32. The molecular formula is C15H18FNO2. The van der Waals surface area contributed by atoms with E-state index in [1.165, 1.54) is 12.1 Å². The fraction of sp³-hybridized carbons (Fsp3) is 0.400. The summed E-state index contributed by atoms with van der Waals surface area (Å²) < 4.78 is 18.7. The van der Waals surface area contributed by atoms with E-state index in [2.05, 4.69) is 6.58 Å². The number of carbonyl (C=O) groups excluding carboxylic acids is 1. The first kappa shape index (κ1) is 13.7. The molecule has 1 saturated heterocycles. The highest BCUT2D eigenvalue weighted by Crippen LogP contribution is 2.14. The number of carbonyl (C=O) groups is 1. The topological polar surface area (TPSA) is 29.5 Å². The first-order chi connectivity index (χ1) is 9.10. The maximum atomic E-state index is 13.3. The summed E-state index contributed by atoms with van der Waals surface area (Å²) >= 11 is 0. The highest BCUT2D eigenvalue weighted by atomic mass is 19.1. The number of nitrogens with zero attached hydrogens (tertiary/aromatic N) is 1. The Morgan fingerprint density at radius 1 is 1.63 bits per heavy atom. The Labute approximate surface area is 112 Å². The van der Waals surface area contributed by atoms with Crippen LogP contribution in [0, 0.1) is 5.82 Å². The number of halogens is 1. The molecule has 0 aromatic heterocycles. The third-order valence-corrected chi connectivity index (χ3v) is 3.23. The van der Waals surface area contributed by atoms with Crippen LogP contribution in [-0.4, -0.2) is 36.6 Å². The van der Waals surface area contributed by atoms with Gasteiger partial charge in [0.15, 0.2) is 0 Å². The number of benzene rings is 1. The van der Waals surface area contributed by atoms with Crippen molar-refractivity contribution in [3.8, 4) is 0 Å². The van der Waals surface area contributed by atoms with E-state index >= 15 is 0 Å². The van der Waals surface area contributed by atoms with Crippen molar-refractivity contribution in [1.29, 1.82) is 0 Å². The van der Waals surface area contributed by atoms with Crippen LogP contribution < -0.4 is 0 Å². The van der Waals surface area contributed by atoms with Gasteiger partial charge in [-0.2, -0.15) is 0 Å². The van der Waals surface area contributed by atoms with Crippen LogP contribution in [0.1, 0.15) is 18.1 Å². The Hall–Kier alpha value is -1.68. The Balaban J connectivity index is 2.04. The van der Waals surface area contributed by atoms with Crippen LogP contribution >= 0.6 is 0 Å². The summed E-state index contributed by atoms with van der Waals surface area (Å²) in [6.07, 6.45) is 1.82. The predicted molar refractivity (Wildman–Crippen MR) is 72.2 cm³/mol. The van der Waals surface area contributed by atoms with E-state index in [0.29, 0.717) is 25.3 Å². The molecule has 1 atom stereocenters. The van der Waals surface area contributed by atoms with Crippen LogP contribution in [0.2, 0.25) is 0 Å². The fourth-order valence-electron chi connectivity index (χ4n) is 2.19. The normalized spacial score (nSPS) is 19.3. The van der Waals surface area contributed by atoms with Crippen molar-refractivity contribution < 1.29 is 13.9 Å². The molecule has 1 heterocycles. The third-order valence-electron chi connectivity index (χ3n) is 3.23. The largest absolute Gasteiger partial charge is 0.375 e. The second-order valence-corrected chi connectivity index (χ2v) is 4.76. The van der Waals surface area contributed by atoms with Gasteiger partial charge in [-0.25, -0.2) is 4.39 Å². The van der Waals surface area contributed by atoms with Crippen molar-refractivity contribution in [1.82, 2.24) is 4.90 Å². The van der Waals surface area contributed by atoms with Gasteiger partial charge in [-0.3, -0.25) is 4.79 Å². The summed E-state index contributed by atoms with van der Waals surface area (Å²) in [5.74, 6) is -0.261. The van der Waals surface area contributed by atoms with E-state index in [1.807, 2.05) is 6.92 Å². The number of morpholine rings is 1. The molecule has 1 aliphatic heterocycles. The molecule has 2 rings (SSSR count). The average Bonchev–Trinajstić information content (AvgIpc) is 2.41. The minimum absolute atomic E-state index is 0.0526. The molecule has 1 aliphatic rings. The minimum atomic E-state index is -0.314. The van der Waals surface area contributed by atoms with Gasteiger partial charge in [-0.1, -0.05) is 18.7 Å². The van der Waals surface area contributed by atoms with Gasteiger partial charge in [0.1, 0.15) is 5.82 Å². The molecule has 1 fully saturated rings. The first-order valence-electron chi connectivity index (χ1n) is 6.40. The molecule has 0 saturated carbocycles. The SMILES string of the molecule is C=Cc1cc(CC(=O)N2CCOC(C)C2)ccc1F. The maximum absolute atomic E-state index is 13.3. The van der Waals surface area contributed by atoms with E-state index in [4.69, 9.17) is 4.74 Å². The highest BCUT2D eigenvalue weighted by molar-refractivity contribution is 5.79. The van der Waals surface area contributed by atoms with Crippen LogP contribution in [-0.2, 0) is 16.0 Å². The Morgan fingerprint density at radius 2 is 2.42 bits per heavy atom. The summed E-state index contributed by atoms with van der Waals surface area (Å²) in [7, 11) is 0. The van der Waals surface area contributed by atoms with E-state index in [1.54, 1.807) is 17.0 Å². The quantitative estimate of drug-likeness (QED) is 0.837. The molecule has 3 nitrogen and oxygen atoms in total. The molecule has 1 aromatic carbocycles. The number of ether oxygens (including phenoxy) is 1. The van der Waals surface area contributed by atoms with Crippen LogP contribution in [0.25, 0.3) is 6.08 Å². The number of amides is 1. The van der Waals surface area contributed by atoms with Gasteiger partial charge >= 0.3 is 0 Å². The second-order valence-electron chi connectivity index (χ2n) is 4.76. The molecule has 0 N–H and O–H groups in total. The lowest BCUT2D eigenvalue weighted by Crippen LogP contribution is -2.45.